The monoisotopic (exact) mass is 343 g/mol. The first-order valence-corrected chi connectivity index (χ1v) is 6.82. The highest BCUT2D eigenvalue weighted by Crippen LogP contribution is 2.35. The van der Waals surface area contributed by atoms with E-state index in [4.69, 9.17) is 16.2 Å². The molecule has 6 N–H and O–H groups in total. The van der Waals surface area contributed by atoms with Crippen molar-refractivity contribution in [2.75, 3.05) is 12.3 Å². The minimum atomic E-state index is -1.10. The maximum absolute atomic E-state index is 10.1. The largest absolute Gasteiger partial charge is 0.387 e. The molecule has 4 atom stereocenters. The predicted octanol–water partition coefficient (Wildman–Crippen LogP) is -0.646. The van der Waals surface area contributed by atoms with Gasteiger partial charge in [0.15, 0.2) is 6.23 Å². The first-order chi connectivity index (χ1) is 9.54. The van der Waals surface area contributed by atoms with E-state index in [9.17, 15) is 10.2 Å². The molecule has 8 nitrogen and oxygen atoms in total. The third kappa shape index (κ3) is 1.90. The average Bonchev–Trinajstić information content (AvgIpc) is 2.90. The van der Waals surface area contributed by atoms with Crippen LogP contribution in [0.2, 0.25) is 0 Å². The first kappa shape index (κ1) is 13.7. The van der Waals surface area contributed by atoms with Crippen molar-refractivity contribution in [3.05, 3.63) is 17.0 Å². The van der Waals surface area contributed by atoms with Gasteiger partial charge in [-0.3, -0.25) is 0 Å². The van der Waals surface area contributed by atoms with E-state index in [2.05, 4.69) is 25.9 Å². The standard InChI is InChI=1S/C11H14BrN5O3/c12-4-2-17(10-6(4)9(14)15-3-16-10)11-8(19)7(18)5(1-13)20-11/h2-3,5,7-8,11,18-19H,1,13H2,(H2,14,15,16)/t5-,7-,8-,11-/m1/s1. The van der Waals surface area contributed by atoms with Crippen LogP contribution in [-0.2, 0) is 4.74 Å². The molecule has 0 aliphatic carbocycles. The molecule has 3 heterocycles. The summed E-state index contributed by atoms with van der Waals surface area (Å²) in [5.74, 6) is 0.323. The van der Waals surface area contributed by atoms with Gasteiger partial charge in [-0.15, -0.1) is 0 Å². The Kier molecular flexibility index (Phi) is 3.38. The molecule has 0 spiro atoms. The molecule has 108 valence electrons. The molecular weight excluding hydrogens is 330 g/mol. The van der Waals surface area contributed by atoms with Crippen molar-refractivity contribution < 1.29 is 14.9 Å². The fraction of sp³-hybridized carbons (Fsp3) is 0.455. The second-order valence-electron chi connectivity index (χ2n) is 4.62. The van der Waals surface area contributed by atoms with Gasteiger partial charge in [-0.05, 0) is 15.9 Å². The number of aromatic nitrogens is 3. The van der Waals surface area contributed by atoms with E-state index in [-0.39, 0.29) is 6.54 Å². The molecule has 2 aromatic rings. The maximum Gasteiger partial charge on any atom is 0.164 e. The molecule has 0 saturated carbocycles. The Morgan fingerprint density at radius 2 is 2.10 bits per heavy atom. The Labute approximate surface area is 122 Å². The molecule has 1 saturated heterocycles. The highest BCUT2D eigenvalue weighted by Gasteiger charge is 2.43. The van der Waals surface area contributed by atoms with Crippen LogP contribution in [0.5, 0.6) is 0 Å². The SMILES string of the molecule is NC[C@H]1O[C@@H](n2cc(Br)c3c(N)ncnc32)[C@H](O)[C@@H]1O. The Bertz CT molecular complexity index is 648. The number of nitrogen functional groups attached to an aromatic ring is 1. The van der Waals surface area contributed by atoms with E-state index >= 15 is 0 Å². The smallest absolute Gasteiger partial charge is 0.164 e. The lowest BCUT2D eigenvalue weighted by Gasteiger charge is -2.17. The van der Waals surface area contributed by atoms with Crippen molar-refractivity contribution in [3.63, 3.8) is 0 Å². The van der Waals surface area contributed by atoms with Gasteiger partial charge in [0.05, 0.1) is 5.39 Å². The van der Waals surface area contributed by atoms with Gasteiger partial charge in [0.2, 0.25) is 0 Å². The lowest BCUT2D eigenvalue weighted by atomic mass is 10.1. The van der Waals surface area contributed by atoms with Crippen molar-refractivity contribution in [3.8, 4) is 0 Å². The quantitative estimate of drug-likeness (QED) is 0.569. The zero-order valence-corrected chi connectivity index (χ0v) is 11.9. The summed E-state index contributed by atoms with van der Waals surface area (Å²) in [6.45, 7) is 0.117. The number of hydrogen-bond acceptors (Lipinski definition) is 7. The third-order valence-electron chi connectivity index (χ3n) is 3.44. The number of nitrogens with zero attached hydrogens (tertiary/aromatic N) is 3. The van der Waals surface area contributed by atoms with Crippen LogP contribution in [0.15, 0.2) is 17.0 Å². The third-order valence-corrected chi connectivity index (χ3v) is 4.04. The van der Waals surface area contributed by atoms with E-state index < -0.39 is 24.5 Å². The van der Waals surface area contributed by atoms with Crippen LogP contribution < -0.4 is 11.5 Å². The zero-order valence-electron chi connectivity index (χ0n) is 10.3. The number of halogens is 1. The summed E-state index contributed by atoms with van der Waals surface area (Å²) in [5, 5.41) is 20.6. The highest BCUT2D eigenvalue weighted by molar-refractivity contribution is 9.10. The van der Waals surface area contributed by atoms with Crippen LogP contribution in [0.3, 0.4) is 0 Å². The van der Waals surface area contributed by atoms with Crippen molar-refractivity contribution in [2.45, 2.75) is 24.5 Å². The Morgan fingerprint density at radius 1 is 1.35 bits per heavy atom. The molecule has 1 aliphatic rings. The topological polar surface area (TPSA) is 132 Å². The van der Waals surface area contributed by atoms with Gasteiger partial charge in [0.1, 0.15) is 36.1 Å². The van der Waals surface area contributed by atoms with Crippen molar-refractivity contribution in [2.24, 2.45) is 5.73 Å². The van der Waals surface area contributed by atoms with E-state index in [0.29, 0.717) is 21.3 Å². The van der Waals surface area contributed by atoms with Gasteiger partial charge >= 0.3 is 0 Å². The summed E-state index contributed by atoms with van der Waals surface area (Å²) in [6.07, 6.45) is -0.511. The van der Waals surface area contributed by atoms with Crippen LogP contribution in [0.1, 0.15) is 6.23 Å². The summed E-state index contributed by atoms with van der Waals surface area (Å²) in [6, 6.07) is 0. The number of fused-ring (bicyclic) bond motifs is 1. The lowest BCUT2D eigenvalue weighted by Crippen LogP contribution is -2.35. The van der Waals surface area contributed by atoms with Crippen LogP contribution in [-0.4, -0.2) is 49.6 Å². The minimum absolute atomic E-state index is 0.117. The number of anilines is 1. The van der Waals surface area contributed by atoms with Crippen molar-refractivity contribution >= 4 is 32.8 Å². The fourth-order valence-corrected chi connectivity index (χ4v) is 3.01. The van der Waals surface area contributed by atoms with E-state index in [1.54, 1.807) is 10.8 Å². The molecular formula is C11H14BrN5O3. The molecule has 0 bridgehead atoms. The molecule has 0 amide bonds. The molecule has 1 aliphatic heterocycles. The number of rotatable bonds is 2. The number of nitrogens with two attached hydrogens (primary N) is 2. The van der Waals surface area contributed by atoms with Crippen molar-refractivity contribution in [1.82, 2.24) is 14.5 Å². The maximum atomic E-state index is 10.1. The number of aliphatic hydroxyl groups is 2. The summed E-state index contributed by atoms with van der Waals surface area (Å²) in [4.78, 5) is 8.08. The van der Waals surface area contributed by atoms with Gasteiger partial charge in [0, 0.05) is 17.2 Å². The van der Waals surface area contributed by atoms with Crippen LogP contribution >= 0.6 is 15.9 Å². The van der Waals surface area contributed by atoms with E-state index in [1.165, 1.54) is 6.33 Å². The van der Waals surface area contributed by atoms with Crippen LogP contribution in [0.25, 0.3) is 11.0 Å². The fourth-order valence-electron chi connectivity index (χ4n) is 2.41. The Balaban J connectivity index is 2.10. The highest BCUT2D eigenvalue weighted by atomic mass is 79.9. The van der Waals surface area contributed by atoms with E-state index in [0.717, 1.165) is 0 Å². The molecule has 0 radical (unpaired) electrons. The number of ether oxygens (including phenoxy) is 1. The van der Waals surface area contributed by atoms with Crippen molar-refractivity contribution in [1.29, 1.82) is 0 Å². The summed E-state index contributed by atoms with van der Waals surface area (Å²) in [5.41, 5.74) is 11.8. The molecule has 0 unspecified atom stereocenters. The minimum Gasteiger partial charge on any atom is -0.387 e. The van der Waals surface area contributed by atoms with Gasteiger partial charge < -0.3 is 31.0 Å². The molecule has 1 fully saturated rings. The van der Waals surface area contributed by atoms with Gasteiger partial charge in [-0.1, -0.05) is 0 Å². The average molecular weight is 344 g/mol. The molecule has 2 aromatic heterocycles. The Hall–Kier alpha value is -1.26. The molecule has 9 heteroatoms. The first-order valence-electron chi connectivity index (χ1n) is 6.02. The molecule has 0 aromatic carbocycles. The van der Waals surface area contributed by atoms with E-state index in [1.807, 2.05) is 0 Å². The Morgan fingerprint density at radius 3 is 2.75 bits per heavy atom. The number of hydrogen-bond donors (Lipinski definition) is 4. The lowest BCUT2D eigenvalue weighted by molar-refractivity contribution is -0.0319. The zero-order chi connectivity index (χ0) is 14.4. The molecule has 3 rings (SSSR count). The summed E-state index contributed by atoms with van der Waals surface area (Å²) >= 11 is 3.38. The van der Waals surface area contributed by atoms with Gasteiger partial charge in [-0.25, -0.2) is 9.97 Å². The van der Waals surface area contributed by atoms with Crippen LogP contribution in [0.4, 0.5) is 5.82 Å². The summed E-state index contributed by atoms with van der Waals surface area (Å²) in [7, 11) is 0. The normalized spacial score (nSPS) is 30.2. The van der Waals surface area contributed by atoms with Gasteiger partial charge in [0.25, 0.3) is 0 Å². The van der Waals surface area contributed by atoms with Gasteiger partial charge in [-0.2, -0.15) is 0 Å². The second kappa shape index (κ2) is 4.93. The summed E-state index contributed by atoms with van der Waals surface area (Å²) < 4.78 is 7.90. The molecule has 20 heavy (non-hydrogen) atoms. The van der Waals surface area contributed by atoms with Crippen LogP contribution in [0, 0.1) is 0 Å². The predicted molar refractivity (Wildman–Crippen MR) is 74.6 cm³/mol. The number of aliphatic hydroxyl groups excluding tert-OH is 2. The second-order valence-corrected chi connectivity index (χ2v) is 5.48.